The molecule has 0 radical (unpaired) electrons. The van der Waals surface area contributed by atoms with Crippen LogP contribution in [0.1, 0.15) is 41.8 Å². The van der Waals surface area contributed by atoms with E-state index in [9.17, 15) is 0 Å². The number of alkyl halides is 1. The van der Waals surface area contributed by atoms with Gasteiger partial charge in [0.25, 0.3) is 0 Å². The van der Waals surface area contributed by atoms with Gasteiger partial charge >= 0.3 is 0 Å². The molecule has 82 valence electrons. The van der Waals surface area contributed by atoms with Gasteiger partial charge in [0.15, 0.2) is 0 Å². The molecule has 2 atom stereocenters. The number of halogens is 1. The number of benzene rings is 1. The molecule has 0 N–H and O–H groups in total. The summed E-state index contributed by atoms with van der Waals surface area (Å²) in [5.41, 5.74) is 4.78. The van der Waals surface area contributed by atoms with Crippen LogP contribution in [0.5, 0.6) is 0 Å². The second-order valence-electron chi connectivity index (χ2n) is 5.56. The van der Waals surface area contributed by atoms with Crippen LogP contribution < -0.4 is 0 Å². The molecule has 0 bridgehead atoms. The van der Waals surface area contributed by atoms with Crippen molar-refractivity contribution < 1.29 is 0 Å². The zero-order chi connectivity index (χ0) is 11.2. The highest BCUT2D eigenvalue weighted by atomic mass is 79.9. The van der Waals surface area contributed by atoms with E-state index in [1.807, 2.05) is 0 Å². The van der Waals surface area contributed by atoms with Crippen molar-refractivity contribution in [2.75, 3.05) is 0 Å². The van der Waals surface area contributed by atoms with Gasteiger partial charge in [0.2, 0.25) is 0 Å². The molecule has 0 amide bonds. The Morgan fingerprint density at radius 1 is 1.33 bits per heavy atom. The molecule has 15 heavy (non-hydrogen) atoms. The minimum atomic E-state index is 0.532. The fraction of sp³-hybridized carbons (Fsp3) is 0.571. The summed E-state index contributed by atoms with van der Waals surface area (Å²) in [6.07, 6.45) is 1.34. The van der Waals surface area contributed by atoms with Gasteiger partial charge < -0.3 is 0 Å². The lowest BCUT2D eigenvalue weighted by Gasteiger charge is -2.15. The summed E-state index contributed by atoms with van der Waals surface area (Å²) >= 11 is 3.87. The van der Waals surface area contributed by atoms with E-state index in [2.05, 4.69) is 61.8 Å². The fourth-order valence-corrected chi connectivity index (χ4v) is 3.68. The predicted octanol–water partition coefficient (Wildman–Crippen LogP) is 4.79. The van der Waals surface area contributed by atoms with E-state index in [0.717, 1.165) is 5.92 Å². The van der Waals surface area contributed by atoms with Crippen molar-refractivity contribution in [2.24, 2.45) is 11.3 Å². The summed E-state index contributed by atoms with van der Waals surface area (Å²) in [6.45, 7) is 9.09. The molecule has 1 aliphatic carbocycles. The van der Waals surface area contributed by atoms with Gasteiger partial charge in [-0.3, -0.25) is 0 Å². The molecular weight excluding hydrogens is 248 g/mol. The highest BCUT2D eigenvalue weighted by molar-refractivity contribution is 9.09. The van der Waals surface area contributed by atoms with Crippen molar-refractivity contribution >= 4 is 15.9 Å². The van der Waals surface area contributed by atoms with Crippen molar-refractivity contribution in [1.82, 2.24) is 0 Å². The lowest BCUT2D eigenvalue weighted by Crippen LogP contribution is -2.01. The van der Waals surface area contributed by atoms with E-state index < -0.39 is 0 Å². The van der Waals surface area contributed by atoms with Gasteiger partial charge in [0.05, 0.1) is 0 Å². The average molecular weight is 267 g/mol. The molecule has 1 fully saturated rings. The third-order valence-electron chi connectivity index (χ3n) is 3.67. The van der Waals surface area contributed by atoms with Crippen LogP contribution in [-0.2, 0) is 0 Å². The molecule has 1 aliphatic rings. The zero-order valence-corrected chi connectivity index (χ0v) is 11.6. The largest absolute Gasteiger partial charge is 0.0835 e. The van der Waals surface area contributed by atoms with Crippen LogP contribution in [0.2, 0.25) is 0 Å². The first-order valence-corrected chi connectivity index (χ1v) is 6.54. The van der Waals surface area contributed by atoms with Crippen LogP contribution in [0, 0.1) is 25.2 Å². The summed E-state index contributed by atoms with van der Waals surface area (Å²) < 4.78 is 0. The Morgan fingerprint density at radius 3 is 2.47 bits per heavy atom. The maximum Gasteiger partial charge on any atom is 0.0431 e. The maximum absolute atomic E-state index is 3.87. The van der Waals surface area contributed by atoms with E-state index in [0.29, 0.717) is 10.2 Å². The Kier molecular flexibility index (Phi) is 2.70. The topological polar surface area (TPSA) is 0 Å². The third-order valence-corrected chi connectivity index (χ3v) is 4.81. The van der Waals surface area contributed by atoms with Gasteiger partial charge in [-0.15, -0.1) is 0 Å². The summed E-state index contributed by atoms with van der Waals surface area (Å²) in [6, 6.07) is 6.74. The quantitative estimate of drug-likeness (QED) is 0.676. The fourth-order valence-electron chi connectivity index (χ4n) is 2.28. The monoisotopic (exact) mass is 266 g/mol. The molecule has 1 aromatic carbocycles. The number of hydrogen-bond acceptors (Lipinski definition) is 0. The van der Waals surface area contributed by atoms with Crippen molar-refractivity contribution in [3.8, 4) is 0 Å². The van der Waals surface area contributed by atoms with Gasteiger partial charge in [-0.1, -0.05) is 53.5 Å². The molecule has 1 saturated carbocycles. The SMILES string of the molecule is Cc1ccc(C)c(C(Br)C2CC2(C)C)c1. The number of hydrogen-bond donors (Lipinski definition) is 0. The Morgan fingerprint density at radius 2 is 1.93 bits per heavy atom. The molecule has 0 spiro atoms. The lowest BCUT2D eigenvalue weighted by atomic mass is 9.97. The highest BCUT2D eigenvalue weighted by Crippen LogP contribution is 2.60. The van der Waals surface area contributed by atoms with Crippen LogP contribution in [0.3, 0.4) is 0 Å². The smallest absolute Gasteiger partial charge is 0.0431 e. The predicted molar refractivity (Wildman–Crippen MR) is 69.5 cm³/mol. The zero-order valence-electron chi connectivity index (χ0n) is 9.97. The van der Waals surface area contributed by atoms with Crippen LogP contribution in [0.25, 0.3) is 0 Å². The summed E-state index contributed by atoms with van der Waals surface area (Å²) in [4.78, 5) is 0.535. The van der Waals surface area contributed by atoms with Gasteiger partial charge in [-0.2, -0.15) is 0 Å². The van der Waals surface area contributed by atoms with E-state index >= 15 is 0 Å². The molecule has 0 aliphatic heterocycles. The number of rotatable bonds is 2. The molecule has 0 heterocycles. The third kappa shape index (κ3) is 2.13. The minimum absolute atomic E-state index is 0.532. The van der Waals surface area contributed by atoms with Crippen molar-refractivity contribution in [1.29, 1.82) is 0 Å². The van der Waals surface area contributed by atoms with E-state index in [4.69, 9.17) is 0 Å². The average Bonchev–Trinajstić information content (AvgIpc) is 2.78. The standard InChI is InChI=1S/C14H19Br/c1-9-5-6-10(2)11(7-9)13(15)12-8-14(12,3)4/h5-7,12-13H,8H2,1-4H3. The van der Waals surface area contributed by atoms with E-state index in [1.165, 1.54) is 23.1 Å². The second kappa shape index (κ2) is 3.62. The Labute approximate surface area is 101 Å². The van der Waals surface area contributed by atoms with Crippen LogP contribution in [0.4, 0.5) is 0 Å². The van der Waals surface area contributed by atoms with E-state index in [1.54, 1.807) is 0 Å². The molecule has 0 aromatic heterocycles. The van der Waals surface area contributed by atoms with Crippen LogP contribution >= 0.6 is 15.9 Å². The maximum atomic E-state index is 3.87. The first kappa shape index (κ1) is 11.2. The summed E-state index contributed by atoms with van der Waals surface area (Å²) in [5.74, 6) is 0.804. The van der Waals surface area contributed by atoms with Crippen LogP contribution in [-0.4, -0.2) is 0 Å². The first-order valence-electron chi connectivity index (χ1n) is 5.63. The van der Waals surface area contributed by atoms with Gasteiger partial charge in [0, 0.05) is 4.83 Å². The Balaban J connectivity index is 2.26. The van der Waals surface area contributed by atoms with Gasteiger partial charge in [-0.25, -0.2) is 0 Å². The number of aryl methyl sites for hydroxylation is 2. The lowest BCUT2D eigenvalue weighted by molar-refractivity contribution is 0.554. The molecule has 2 unspecified atom stereocenters. The Bertz CT molecular complexity index is 379. The second-order valence-corrected chi connectivity index (χ2v) is 6.55. The van der Waals surface area contributed by atoms with Gasteiger partial charge in [0.1, 0.15) is 0 Å². The van der Waals surface area contributed by atoms with Crippen molar-refractivity contribution in [3.05, 3.63) is 34.9 Å². The molecule has 0 nitrogen and oxygen atoms in total. The summed E-state index contributed by atoms with van der Waals surface area (Å²) in [5, 5.41) is 0. The molecule has 0 saturated heterocycles. The molecular formula is C14H19Br. The van der Waals surface area contributed by atoms with Crippen molar-refractivity contribution in [3.63, 3.8) is 0 Å². The Hall–Kier alpha value is -0.300. The highest BCUT2D eigenvalue weighted by Gasteiger charge is 2.49. The summed E-state index contributed by atoms with van der Waals surface area (Å²) in [7, 11) is 0. The molecule has 1 aromatic rings. The minimum Gasteiger partial charge on any atom is -0.0835 e. The normalized spacial score (nSPS) is 25.0. The first-order chi connectivity index (χ1) is 6.92. The molecule has 2 rings (SSSR count). The molecule has 1 heteroatoms. The van der Waals surface area contributed by atoms with Crippen molar-refractivity contribution in [2.45, 2.75) is 38.9 Å². The van der Waals surface area contributed by atoms with Crippen LogP contribution in [0.15, 0.2) is 18.2 Å². The van der Waals surface area contributed by atoms with E-state index in [-0.39, 0.29) is 0 Å². The van der Waals surface area contributed by atoms with Gasteiger partial charge in [-0.05, 0) is 42.7 Å².